The van der Waals surface area contributed by atoms with Gasteiger partial charge in [0.25, 0.3) is 0 Å². The van der Waals surface area contributed by atoms with Crippen molar-refractivity contribution < 1.29 is 14.3 Å². The van der Waals surface area contributed by atoms with Crippen LogP contribution < -0.4 is 4.90 Å². The second-order valence-electron chi connectivity index (χ2n) is 5.87. The zero-order valence-electron chi connectivity index (χ0n) is 13.8. The molecule has 22 heavy (non-hydrogen) atoms. The summed E-state index contributed by atoms with van der Waals surface area (Å²) < 4.78 is 10.8. The van der Waals surface area contributed by atoms with Crippen molar-refractivity contribution in [2.75, 3.05) is 24.6 Å². The number of esters is 1. The molecule has 1 aliphatic heterocycles. The Morgan fingerprint density at radius 2 is 2.05 bits per heavy atom. The lowest BCUT2D eigenvalue weighted by Crippen LogP contribution is -2.45. The van der Waals surface area contributed by atoms with Gasteiger partial charge < -0.3 is 14.4 Å². The highest BCUT2D eigenvalue weighted by Crippen LogP contribution is 2.28. The molecule has 0 saturated carbocycles. The van der Waals surface area contributed by atoms with Crippen LogP contribution in [0.15, 0.2) is 24.3 Å². The second-order valence-corrected chi connectivity index (χ2v) is 5.87. The van der Waals surface area contributed by atoms with E-state index < -0.39 is 0 Å². The third kappa shape index (κ3) is 4.34. The van der Waals surface area contributed by atoms with Crippen molar-refractivity contribution in [2.24, 2.45) is 0 Å². The monoisotopic (exact) mass is 303 g/mol. The second kappa shape index (κ2) is 7.45. The normalized spacial score (nSPS) is 22.1. The number of aryl methyl sites for hydroxylation is 1. The number of carbonyl (C=O) groups is 1. The van der Waals surface area contributed by atoms with E-state index in [4.69, 9.17) is 9.47 Å². The molecule has 0 amide bonds. The fourth-order valence-electron chi connectivity index (χ4n) is 2.86. The summed E-state index contributed by atoms with van der Waals surface area (Å²) in [4.78, 5) is 13.2. The van der Waals surface area contributed by atoms with Crippen LogP contribution in [0.4, 0.5) is 5.69 Å². The first kappa shape index (κ1) is 16.6. The Bertz CT molecular complexity index is 543. The highest BCUT2D eigenvalue weighted by molar-refractivity contribution is 5.71. The van der Waals surface area contributed by atoms with Gasteiger partial charge in [0.2, 0.25) is 0 Å². The Kier molecular flexibility index (Phi) is 5.61. The van der Waals surface area contributed by atoms with Gasteiger partial charge in [0.15, 0.2) is 0 Å². The molecule has 2 rings (SSSR count). The molecule has 120 valence electrons. The van der Waals surface area contributed by atoms with E-state index in [2.05, 4.69) is 43.9 Å². The fourth-order valence-corrected chi connectivity index (χ4v) is 2.86. The summed E-state index contributed by atoms with van der Waals surface area (Å²) in [7, 11) is 0. The lowest BCUT2D eigenvalue weighted by Gasteiger charge is -2.37. The highest BCUT2D eigenvalue weighted by Gasteiger charge is 2.23. The lowest BCUT2D eigenvalue weighted by molar-refractivity contribution is -0.139. The summed E-state index contributed by atoms with van der Waals surface area (Å²) in [5.74, 6) is -0.259. The number of carbonyl (C=O) groups excluding carboxylic acids is 1. The summed E-state index contributed by atoms with van der Waals surface area (Å²) >= 11 is 0. The molecule has 1 fully saturated rings. The van der Waals surface area contributed by atoms with Crippen LogP contribution in [0.2, 0.25) is 0 Å². The Morgan fingerprint density at radius 1 is 1.36 bits per heavy atom. The zero-order valence-corrected chi connectivity index (χ0v) is 13.8. The minimum atomic E-state index is -0.259. The molecule has 1 heterocycles. The molecule has 0 bridgehead atoms. The molecule has 2 unspecified atom stereocenters. The van der Waals surface area contributed by atoms with E-state index in [0.717, 1.165) is 13.1 Å². The SMILES string of the molecule is CC(=O)OC/C=C/c1c(C)cccc1N1CC(C)OC(C)C1. The predicted octanol–water partition coefficient (Wildman–Crippen LogP) is 3.18. The number of ether oxygens (including phenoxy) is 2. The van der Waals surface area contributed by atoms with Crippen LogP contribution in [0.1, 0.15) is 31.9 Å². The van der Waals surface area contributed by atoms with Gasteiger partial charge in [-0.05, 0) is 38.5 Å². The standard InChI is InChI=1S/C18H25NO3/c1-13-7-5-9-18(17(13)8-6-10-21-16(4)20)19-11-14(2)22-15(3)12-19/h5-9,14-15H,10-12H2,1-4H3/b8-6+. The van der Waals surface area contributed by atoms with Crippen LogP contribution >= 0.6 is 0 Å². The number of nitrogens with zero attached hydrogens (tertiary/aromatic N) is 1. The Balaban J connectivity index is 2.20. The van der Waals surface area contributed by atoms with Gasteiger partial charge in [-0.3, -0.25) is 4.79 Å². The number of hydrogen-bond acceptors (Lipinski definition) is 4. The average Bonchev–Trinajstić information content (AvgIpc) is 2.43. The van der Waals surface area contributed by atoms with E-state index in [0.29, 0.717) is 6.61 Å². The molecular weight excluding hydrogens is 278 g/mol. The smallest absolute Gasteiger partial charge is 0.302 e. The number of anilines is 1. The summed E-state index contributed by atoms with van der Waals surface area (Å²) in [5, 5.41) is 0. The molecule has 1 aromatic rings. The molecule has 0 N–H and O–H groups in total. The van der Waals surface area contributed by atoms with Crippen LogP contribution in [0.25, 0.3) is 6.08 Å². The van der Waals surface area contributed by atoms with Crippen molar-refractivity contribution >= 4 is 17.7 Å². The number of benzene rings is 1. The number of morpholine rings is 1. The molecule has 1 saturated heterocycles. The van der Waals surface area contributed by atoms with E-state index in [1.165, 1.54) is 23.7 Å². The van der Waals surface area contributed by atoms with Crippen LogP contribution in [0, 0.1) is 6.92 Å². The fraction of sp³-hybridized carbons (Fsp3) is 0.500. The van der Waals surface area contributed by atoms with Gasteiger partial charge in [0, 0.05) is 31.3 Å². The van der Waals surface area contributed by atoms with Crippen LogP contribution in [-0.2, 0) is 14.3 Å². The van der Waals surface area contributed by atoms with Crippen LogP contribution in [-0.4, -0.2) is 37.9 Å². The topological polar surface area (TPSA) is 38.8 Å². The minimum Gasteiger partial charge on any atom is -0.462 e. The summed E-state index contributed by atoms with van der Waals surface area (Å²) in [6.07, 6.45) is 4.38. The van der Waals surface area contributed by atoms with E-state index in [-0.39, 0.29) is 18.2 Å². The van der Waals surface area contributed by atoms with Crippen molar-refractivity contribution in [3.05, 3.63) is 35.4 Å². The van der Waals surface area contributed by atoms with E-state index in [1.807, 2.05) is 12.2 Å². The molecule has 1 aromatic carbocycles. The quantitative estimate of drug-likeness (QED) is 0.801. The number of hydrogen-bond donors (Lipinski definition) is 0. The molecule has 0 aliphatic carbocycles. The predicted molar refractivity (Wildman–Crippen MR) is 89.1 cm³/mol. The van der Waals surface area contributed by atoms with Gasteiger partial charge in [-0.25, -0.2) is 0 Å². The van der Waals surface area contributed by atoms with E-state index in [1.54, 1.807) is 0 Å². The average molecular weight is 303 g/mol. The molecule has 4 nitrogen and oxygen atoms in total. The minimum absolute atomic E-state index is 0.224. The van der Waals surface area contributed by atoms with Crippen molar-refractivity contribution in [3.8, 4) is 0 Å². The maximum atomic E-state index is 10.8. The van der Waals surface area contributed by atoms with Crippen molar-refractivity contribution in [1.29, 1.82) is 0 Å². The maximum Gasteiger partial charge on any atom is 0.302 e. The van der Waals surface area contributed by atoms with E-state index >= 15 is 0 Å². The van der Waals surface area contributed by atoms with Crippen molar-refractivity contribution in [1.82, 2.24) is 0 Å². The highest BCUT2D eigenvalue weighted by atomic mass is 16.5. The van der Waals surface area contributed by atoms with Crippen molar-refractivity contribution in [2.45, 2.75) is 39.9 Å². The first-order valence-electron chi connectivity index (χ1n) is 7.77. The van der Waals surface area contributed by atoms with Gasteiger partial charge in [-0.15, -0.1) is 0 Å². The molecular formula is C18H25NO3. The van der Waals surface area contributed by atoms with Gasteiger partial charge in [-0.1, -0.05) is 18.2 Å². The Labute approximate surface area is 132 Å². The largest absolute Gasteiger partial charge is 0.462 e. The number of rotatable bonds is 4. The molecule has 4 heteroatoms. The molecule has 1 aliphatic rings. The van der Waals surface area contributed by atoms with Crippen LogP contribution in [0.3, 0.4) is 0 Å². The van der Waals surface area contributed by atoms with Crippen molar-refractivity contribution in [3.63, 3.8) is 0 Å². The van der Waals surface area contributed by atoms with Gasteiger partial charge >= 0.3 is 5.97 Å². The summed E-state index contributed by atoms with van der Waals surface area (Å²) in [6, 6.07) is 6.32. The molecule has 0 spiro atoms. The maximum absolute atomic E-state index is 10.8. The molecule has 0 radical (unpaired) electrons. The Morgan fingerprint density at radius 3 is 2.68 bits per heavy atom. The first-order valence-corrected chi connectivity index (χ1v) is 7.77. The zero-order chi connectivity index (χ0) is 16.1. The first-order chi connectivity index (χ1) is 10.5. The summed E-state index contributed by atoms with van der Waals surface area (Å²) in [5.41, 5.74) is 3.60. The third-order valence-corrected chi connectivity index (χ3v) is 3.73. The van der Waals surface area contributed by atoms with Gasteiger partial charge in [0.05, 0.1) is 12.2 Å². The van der Waals surface area contributed by atoms with E-state index in [9.17, 15) is 4.79 Å². The third-order valence-electron chi connectivity index (χ3n) is 3.73. The molecule has 2 atom stereocenters. The molecule has 0 aromatic heterocycles. The lowest BCUT2D eigenvalue weighted by atomic mass is 10.0. The summed E-state index contributed by atoms with van der Waals surface area (Å²) in [6.45, 7) is 9.81. The van der Waals surface area contributed by atoms with Gasteiger partial charge in [0.1, 0.15) is 6.61 Å². The Hall–Kier alpha value is -1.81. The van der Waals surface area contributed by atoms with Gasteiger partial charge in [-0.2, -0.15) is 0 Å². The van der Waals surface area contributed by atoms with Crippen LogP contribution in [0.5, 0.6) is 0 Å².